The van der Waals surface area contributed by atoms with Gasteiger partial charge in [-0.05, 0) is 36.6 Å². The third kappa shape index (κ3) is 3.91. The number of nitrogens with zero attached hydrogens (tertiary/aromatic N) is 3. The monoisotopic (exact) mass is 383 g/mol. The van der Waals surface area contributed by atoms with Gasteiger partial charge in [-0.3, -0.25) is 9.78 Å². The highest BCUT2D eigenvalue weighted by atomic mass is 16.1. The molecule has 6 nitrogen and oxygen atoms in total. The Bertz CT molecular complexity index is 1180. The van der Waals surface area contributed by atoms with Crippen LogP contribution in [0.5, 0.6) is 0 Å². The number of fused-ring (bicyclic) bond motifs is 1. The second kappa shape index (κ2) is 8.06. The molecule has 0 spiro atoms. The molecule has 0 fully saturated rings. The van der Waals surface area contributed by atoms with E-state index in [0.717, 1.165) is 28.6 Å². The number of benzene rings is 2. The van der Waals surface area contributed by atoms with Crippen molar-refractivity contribution in [1.29, 1.82) is 0 Å². The van der Waals surface area contributed by atoms with Gasteiger partial charge in [0.05, 0.1) is 11.2 Å². The van der Waals surface area contributed by atoms with Gasteiger partial charge < -0.3 is 10.6 Å². The number of hydrogen-bond acceptors (Lipinski definition) is 5. The normalized spacial score (nSPS) is 10.7. The number of rotatable bonds is 5. The third-order valence-electron chi connectivity index (χ3n) is 4.77. The van der Waals surface area contributed by atoms with Gasteiger partial charge in [-0.15, -0.1) is 0 Å². The fourth-order valence-electron chi connectivity index (χ4n) is 3.27. The minimum atomic E-state index is -0.311. The quantitative estimate of drug-likeness (QED) is 0.513. The van der Waals surface area contributed by atoms with Crippen molar-refractivity contribution in [2.24, 2.45) is 0 Å². The van der Waals surface area contributed by atoms with E-state index in [-0.39, 0.29) is 11.6 Å². The van der Waals surface area contributed by atoms with Crippen molar-refractivity contribution in [3.8, 4) is 0 Å². The topological polar surface area (TPSA) is 79.8 Å². The molecule has 0 aliphatic heterocycles. The van der Waals surface area contributed by atoms with Crippen LogP contribution in [-0.2, 0) is 6.42 Å². The molecule has 0 radical (unpaired) electrons. The van der Waals surface area contributed by atoms with Crippen LogP contribution in [0, 0.1) is 6.92 Å². The number of anilines is 3. The van der Waals surface area contributed by atoms with Crippen LogP contribution in [0.4, 0.5) is 17.2 Å². The van der Waals surface area contributed by atoms with E-state index >= 15 is 0 Å². The summed E-state index contributed by atoms with van der Waals surface area (Å²) in [4.78, 5) is 25.6. The number of aryl methyl sites for hydroxylation is 2. The molecule has 0 saturated heterocycles. The summed E-state index contributed by atoms with van der Waals surface area (Å²) >= 11 is 0. The Labute approximate surface area is 169 Å². The number of nitrogens with one attached hydrogen (secondary N) is 2. The van der Waals surface area contributed by atoms with E-state index in [2.05, 4.69) is 38.6 Å². The molecular formula is C23H21N5O. The molecule has 2 aromatic heterocycles. The van der Waals surface area contributed by atoms with Gasteiger partial charge in [-0.25, -0.2) is 9.97 Å². The molecule has 0 aliphatic rings. The van der Waals surface area contributed by atoms with Gasteiger partial charge in [0.2, 0.25) is 0 Å². The van der Waals surface area contributed by atoms with Crippen LogP contribution >= 0.6 is 0 Å². The summed E-state index contributed by atoms with van der Waals surface area (Å²) < 4.78 is 0. The Morgan fingerprint density at radius 2 is 1.83 bits per heavy atom. The lowest BCUT2D eigenvalue weighted by Crippen LogP contribution is -2.15. The predicted molar refractivity (Wildman–Crippen MR) is 116 cm³/mol. The second-order valence-electron chi connectivity index (χ2n) is 6.71. The fraction of sp³-hybridized carbons (Fsp3) is 0.130. The maximum Gasteiger partial charge on any atom is 0.274 e. The molecule has 144 valence electrons. The average molecular weight is 383 g/mol. The van der Waals surface area contributed by atoms with E-state index < -0.39 is 0 Å². The second-order valence-corrected chi connectivity index (χ2v) is 6.71. The highest BCUT2D eigenvalue weighted by molar-refractivity contribution is 6.07. The van der Waals surface area contributed by atoms with Crippen molar-refractivity contribution in [3.05, 3.63) is 83.9 Å². The smallest absolute Gasteiger partial charge is 0.274 e. The fourth-order valence-corrected chi connectivity index (χ4v) is 3.27. The zero-order valence-electron chi connectivity index (χ0n) is 16.3. The molecule has 2 aromatic carbocycles. The summed E-state index contributed by atoms with van der Waals surface area (Å²) in [7, 11) is 0. The Morgan fingerprint density at radius 3 is 2.69 bits per heavy atom. The number of carbonyl (C=O) groups is 1. The van der Waals surface area contributed by atoms with E-state index in [0.29, 0.717) is 11.5 Å². The maximum absolute atomic E-state index is 12.8. The Kier molecular flexibility index (Phi) is 5.16. The van der Waals surface area contributed by atoms with Gasteiger partial charge in [0.15, 0.2) is 0 Å². The summed E-state index contributed by atoms with van der Waals surface area (Å²) in [5.74, 6) is 0.263. The number of para-hydroxylation sites is 2. The van der Waals surface area contributed by atoms with Crippen molar-refractivity contribution < 1.29 is 4.79 Å². The van der Waals surface area contributed by atoms with Crippen molar-refractivity contribution >= 4 is 34.0 Å². The molecule has 2 N–H and O–H groups in total. The molecule has 0 bridgehead atoms. The van der Waals surface area contributed by atoms with Gasteiger partial charge >= 0.3 is 0 Å². The molecule has 4 rings (SSSR count). The molecule has 4 aromatic rings. The van der Waals surface area contributed by atoms with Crippen LogP contribution in [0.1, 0.15) is 28.5 Å². The molecule has 0 aliphatic carbocycles. The number of carbonyl (C=O) groups excluding carboxylic acids is 1. The molecule has 6 heteroatoms. The van der Waals surface area contributed by atoms with Crippen LogP contribution in [0.25, 0.3) is 10.9 Å². The van der Waals surface area contributed by atoms with E-state index in [9.17, 15) is 4.79 Å². The summed E-state index contributed by atoms with van der Waals surface area (Å²) in [5.41, 5.74) is 4.99. The molecule has 1 amide bonds. The largest absolute Gasteiger partial charge is 0.340 e. The summed E-state index contributed by atoms with van der Waals surface area (Å²) in [6, 6.07) is 17.3. The molecule has 2 heterocycles. The van der Waals surface area contributed by atoms with Crippen LogP contribution in [0.15, 0.2) is 67.1 Å². The van der Waals surface area contributed by atoms with Crippen molar-refractivity contribution in [2.75, 3.05) is 10.6 Å². The zero-order valence-corrected chi connectivity index (χ0v) is 16.3. The standard InChI is InChI=1S/C23H21N5O/c1-3-16-8-4-7-15(2)21(16)28-20-13-19(25-14-26-20)23(29)27-18-11-5-9-17-10-6-12-24-22(17)18/h4-14H,3H2,1-2H3,(H,27,29)(H,25,26,28). The van der Waals surface area contributed by atoms with Crippen LogP contribution in [0.2, 0.25) is 0 Å². The van der Waals surface area contributed by atoms with Gasteiger partial charge in [0.1, 0.15) is 17.8 Å². The van der Waals surface area contributed by atoms with E-state index in [4.69, 9.17) is 0 Å². The van der Waals surface area contributed by atoms with E-state index in [1.165, 1.54) is 11.9 Å². The first kappa shape index (κ1) is 18.6. The summed E-state index contributed by atoms with van der Waals surface area (Å²) in [6.07, 6.45) is 4.00. The highest BCUT2D eigenvalue weighted by Crippen LogP contribution is 2.25. The molecule has 0 saturated carbocycles. The van der Waals surface area contributed by atoms with E-state index in [1.54, 1.807) is 12.3 Å². The number of aromatic nitrogens is 3. The minimum Gasteiger partial charge on any atom is -0.340 e. The number of amides is 1. The number of hydrogen-bond donors (Lipinski definition) is 2. The van der Waals surface area contributed by atoms with Crippen LogP contribution < -0.4 is 10.6 Å². The Balaban J connectivity index is 1.60. The average Bonchev–Trinajstić information content (AvgIpc) is 2.75. The minimum absolute atomic E-state index is 0.280. The van der Waals surface area contributed by atoms with Crippen LogP contribution in [0.3, 0.4) is 0 Å². The Hall–Kier alpha value is -3.80. The summed E-state index contributed by atoms with van der Waals surface area (Å²) in [6.45, 7) is 4.15. The number of pyridine rings is 1. The summed E-state index contributed by atoms with van der Waals surface area (Å²) in [5, 5.41) is 7.20. The lowest BCUT2D eigenvalue weighted by atomic mass is 10.1. The van der Waals surface area contributed by atoms with Gasteiger partial charge in [-0.2, -0.15) is 0 Å². The SMILES string of the molecule is CCc1cccc(C)c1Nc1cc(C(=O)Nc2cccc3cccnc23)ncn1. The molecular weight excluding hydrogens is 362 g/mol. The lowest BCUT2D eigenvalue weighted by Gasteiger charge is -2.14. The van der Waals surface area contributed by atoms with Crippen molar-refractivity contribution in [2.45, 2.75) is 20.3 Å². The molecule has 0 atom stereocenters. The zero-order chi connectivity index (χ0) is 20.2. The third-order valence-corrected chi connectivity index (χ3v) is 4.77. The first-order valence-electron chi connectivity index (χ1n) is 9.48. The highest BCUT2D eigenvalue weighted by Gasteiger charge is 2.13. The van der Waals surface area contributed by atoms with Gasteiger partial charge in [0.25, 0.3) is 5.91 Å². The lowest BCUT2D eigenvalue weighted by molar-refractivity contribution is 0.102. The van der Waals surface area contributed by atoms with Crippen molar-refractivity contribution in [1.82, 2.24) is 15.0 Å². The van der Waals surface area contributed by atoms with Crippen LogP contribution in [-0.4, -0.2) is 20.9 Å². The predicted octanol–water partition coefficient (Wildman–Crippen LogP) is 4.89. The maximum atomic E-state index is 12.8. The molecule has 29 heavy (non-hydrogen) atoms. The van der Waals surface area contributed by atoms with Crippen molar-refractivity contribution in [3.63, 3.8) is 0 Å². The van der Waals surface area contributed by atoms with E-state index in [1.807, 2.05) is 49.4 Å². The van der Waals surface area contributed by atoms with Gasteiger partial charge in [0, 0.05) is 23.3 Å². The first-order chi connectivity index (χ1) is 14.2. The first-order valence-corrected chi connectivity index (χ1v) is 9.48. The van der Waals surface area contributed by atoms with Gasteiger partial charge in [-0.1, -0.05) is 43.3 Å². The Morgan fingerprint density at radius 1 is 1.00 bits per heavy atom. The molecule has 0 unspecified atom stereocenters.